The van der Waals surface area contributed by atoms with Gasteiger partial charge in [-0.15, -0.1) is 0 Å². The molecule has 0 bridgehead atoms. The molecule has 0 radical (unpaired) electrons. The maximum atomic E-state index is 11.5. The van der Waals surface area contributed by atoms with Gasteiger partial charge in [-0.25, -0.2) is 4.79 Å². The number of nitrogens with one attached hydrogen (secondary N) is 3. The van der Waals surface area contributed by atoms with Gasteiger partial charge in [0.1, 0.15) is 0 Å². The van der Waals surface area contributed by atoms with Gasteiger partial charge in [-0.3, -0.25) is 4.79 Å². The molecule has 0 aliphatic carbocycles. The zero-order chi connectivity index (χ0) is 14.7. The minimum atomic E-state index is -0.815. The third-order valence-corrected chi connectivity index (χ3v) is 3.22. The van der Waals surface area contributed by atoms with Crippen LogP contribution in [0.4, 0.5) is 4.79 Å². The number of urea groups is 1. The van der Waals surface area contributed by atoms with Crippen molar-refractivity contribution in [1.29, 1.82) is 0 Å². The molecule has 0 aromatic carbocycles. The summed E-state index contributed by atoms with van der Waals surface area (Å²) in [6.07, 6.45) is 3.45. The Kier molecular flexibility index (Phi) is 9.69. The summed E-state index contributed by atoms with van der Waals surface area (Å²) in [4.78, 5) is 22.8. The lowest BCUT2D eigenvalue weighted by Crippen LogP contribution is -2.53. The summed E-state index contributed by atoms with van der Waals surface area (Å²) in [6, 6.07) is -0.308. The van der Waals surface area contributed by atoms with Crippen LogP contribution in [0.2, 0.25) is 0 Å². The average molecular weight is 289 g/mol. The number of hydrogen-bond donors (Lipinski definition) is 4. The number of amides is 2. The van der Waals surface area contributed by atoms with Crippen LogP contribution in [0.25, 0.3) is 0 Å². The van der Waals surface area contributed by atoms with Crippen LogP contribution in [0.3, 0.4) is 0 Å². The summed E-state index contributed by atoms with van der Waals surface area (Å²) >= 11 is 4.15. The van der Waals surface area contributed by atoms with Crippen molar-refractivity contribution in [1.82, 2.24) is 16.0 Å². The number of hydrogen-bond acceptors (Lipinski definition) is 4. The predicted molar refractivity (Wildman–Crippen MR) is 81.9 cm³/mol. The molecular formula is C13H27N3O2S. The molecule has 0 aliphatic heterocycles. The van der Waals surface area contributed by atoms with Gasteiger partial charge < -0.3 is 16.0 Å². The molecule has 19 heavy (non-hydrogen) atoms. The maximum Gasteiger partial charge on any atom is 0.315 e. The SMILES string of the molecule is CC(=O)C(C)(C)NC(=O)NCCNCCCCCS. The van der Waals surface area contributed by atoms with Crippen molar-refractivity contribution in [2.24, 2.45) is 0 Å². The summed E-state index contributed by atoms with van der Waals surface area (Å²) in [6.45, 7) is 7.08. The monoisotopic (exact) mass is 289 g/mol. The van der Waals surface area contributed by atoms with E-state index in [4.69, 9.17) is 0 Å². The zero-order valence-electron chi connectivity index (χ0n) is 12.2. The van der Waals surface area contributed by atoms with Gasteiger partial charge in [0.15, 0.2) is 5.78 Å². The van der Waals surface area contributed by atoms with Crippen LogP contribution in [0.1, 0.15) is 40.0 Å². The van der Waals surface area contributed by atoms with Crippen molar-refractivity contribution in [3.63, 3.8) is 0 Å². The molecule has 2 amide bonds. The standard InChI is InChI=1S/C13H27N3O2S/c1-11(17)13(2,3)16-12(18)15-9-8-14-7-5-4-6-10-19/h14,19H,4-10H2,1-3H3,(H2,15,16,18). The van der Waals surface area contributed by atoms with E-state index in [-0.39, 0.29) is 11.8 Å². The van der Waals surface area contributed by atoms with Crippen molar-refractivity contribution in [3.05, 3.63) is 0 Å². The van der Waals surface area contributed by atoms with E-state index in [1.54, 1.807) is 13.8 Å². The predicted octanol–water partition coefficient (Wildman–Crippen LogP) is 1.34. The molecule has 0 heterocycles. The lowest BCUT2D eigenvalue weighted by atomic mass is 10.0. The van der Waals surface area contributed by atoms with E-state index < -0.39 is 5.54 Å². The first-order valence-electron chi connectivity index (χ1n) is 6.79. The van der Waals surface area contributed by atoms with Gasteiger partial charge in [-0.2, -0.15) is 12.6 Å². The second kappa shape index (κ2) is 10.1. The number of thiol groups is 1. The zero-order valence-corrected chi connectivity index (χ0v) is 13.1. The number of rotatable bonds is 10. The van der Waals surface area contributed by atoms with E-state index in [0.717, 1.165) is 31.7 Å². The quantitative estimate of drug-likeness (QED) is 0.362. The van der Waals surface area contributed by atoms with Gasteiger partial charge in [0.05, 0.1) is 5.54 Å². The number of unbranched alkanes of at least 4 members (excludes halogenated alkanes) is 2. The van der Waals surface area contributed by atoms with Gasteiger partial charge in [-0.1, -0.05) is 6.42 Å². The van der Waals surface area contributed by atoms with E-state index in [1.807, 2.05) is 0 Å². The Morgan fingerprint density at radius 1 is 1.05 bits per heavy atom. The summed E-state index contributed by atoms with van der Waals surface area (Å²) in [7, 11) is 0. The van der Waals surface area contributed by atoms with Crippen LogP contribution in [0, 0.1) is 0 Å². The molecule has 3 N–H and O–H groups in total. The lowest BCUT2D eigenvalue weighted by Gasteiger charge is -2.23. The fraction of sp³-hybridized carbons (Fsp3) is 0.846. The Morgan fingerprint density at radius 3 is 2.32 bits per heavy atom. The van der Waals surface area contributed by atoms with Gasteiger partial charge in [0, 0.05) is 13.1 Å². The van der Waals surface area contributed by atoms with E-state index in [2.05, 4.69) is 28.6 Å². The molecule has 6 heteroatoms. The van der Waals surface area contributed by atoms with Crippen LogP contribution in [0.5, 0.6) is 0 Å². The second-order valence-corrected chi connectivity index (χ2v) is 5.54. The molecule has 0 saturated carbocycles. The van der Waals surface area contributed by atoms with E-state index in [9.17, 15) is 9.59 Å². The largest absolute Gasteiger partial charge is 0.337 e. The van der Waals surface area contributed by atoms with Crippen molar-refractivity contribution in [2.45, 2.75) is 45.6 Å². The van der Waals surface area contributed by atoms with Gasteiger partial charge in [0.2, 0.25) is 0 Å². The fourth-order valence-corrected chi connectivity index (χ4v) is 1.57. The number of carbonyl (C=O) groups is 2. The highest BCUT2D eigenvalue weighted by Crippen LogP contribution is 2.02. The lowest BCUT2D eigenvalue weighted by molar-refractivity contribution is -0.121. The van der Waals surface area contributed by atoms with Gasteiger partial charge >= 0.3 is 6.03 Å². The Labute approximate surface area is 121 Å². The van der Waals surface area contributed by atoms with Crippen LogP contribution >= 0.6 is 12.6 Å². The Balaban J connectivity index is 3.52. The fourth-order valence-electron chi connectivity index (χ4n) is 1.34. The smallest absolute Gasteiger partial charge is 0.315 e. The van der Waals surface area contributed by atoms with Crippen molar-refractivity contribution in [2.75, 3.05) is 25.4 Å². The van der Waals surface area contributed by atoms with E-state index in [0.29, 0.717) is 6.54 Å². The average Bonchev–Trinajstić information content (AvgIpc) is 2.31. The molecule has 0 fully saturated rings. The first kappa shape index (κ1) is 18.2. The Bertz CT molecular complexity index is 283. The maximum absolute atomic E-state index is 11.5. The highest BCUT2D eigenvalue weighted by Gasteiger charge is 2.25. The highest BCUT2D eigenvalue weighted by atomic mass is 32.1. The van der Waals surface area contributed by atoms with Crippen molar-refractivity contribution >= 4 is 24.4 Å². The van der Waals surface area contributed by atoms with E-state index in [1.165, 1.54) is 13.3 Å². The molecular weight excluding hydrogens is 262 g/mol. The molecule has 0 spiro atoms. The highest BCUT2D eigenvalue weighted by molar-refractivity contribution is 7.80. The summed E-state index contributed by atoms with van der Waals surface area (Å²) in [5.41, 5.74) is -0.815. The Morgan fingerprint density at radius 2 is 1.74 bits per heavy atom. The third kappa shape index (κ3) is 9.78. The first-order chi connectivity index (χ1) is 8.90. The molecule has 112 valence electrons. The molecule has 0 aromatic heterocycles. The van der Waals surface area contributed by atoms with Gasteiger partial charge in [-0.05, 0) is 45.9 Å². The molecule has 0 aliphatic rings. The second-order valence-electron chi connectivity index (χ2n) is 5.10. The molecule has 0 saturated heterocycles. The van der Waals surface area contributed by atoms with Crippen LogP contribution < -0.4 is 16.0 Å². The minimum absolute atomic E-state index is 0.0648. The van der Waals surface area contributed by atoms with Crippen LogP contribution in [-0.4, -0.2) is 42.7 Å². The van der Waals surface area contributed by atoms with Gasteiger partial charge in [0.25, 0.3) is 0 Å². The normalized spacial score (nSPS) is 11.2. The molecule has 5 nitrogen and oxygen atoms in total. The third-order valence-electron chi connectivity index (χ3n) is 2.91. The van der Waals surface area contributed by atoms with E-state index >= 15 is 0 Å². The van der Waals surface area contributed by atoms with Crippen LogP contribution in [-0.2, 0) is 4.79 Å². The topological polar surface area (TPSA) is 70.2 Å². The molecule has 0 rings (SSSR count). The summed E-state index contributed by atoms with van der Waals surface area (Å²) < 4.78 is 0. The number of Topliss-reactive ketones (excluding diaryl/α,β-unsaturated/α-hetero) is 1. The van der Waals surface area contributed by atoms with Crippen molar-refractivity contribution < 1.29 is 9.59 Å². The minimum Gasteiger partial charge on any atom is -0.337 e. The number of ketones is 1. The van der Waals surface area contributed by atoms with Crippen LogP contribution in [0.15, 0.2) is 0 Å². The number of carbonyl (C=O) groups excluding carboxylic acids is 2. The Hall–Kier alpha value is -0.750. The summed E-state index contributed by atoms with van der Waals surface area (Å²) in [5.74, 6) is 0.873. The summed E-state index contributed by atoms with van der Waals surface area (Å²) in [5, 5.41) is 8.61. The first-order valence-corrected chi connectivity index (χ1v) is 7.42. The molecule has 0 unspecified atom stereocenters. The van der Waals surface area contributed by atoms with Crippen molar-refractivity contribution in [3.8, 4) is 0 Å². The molecule has 0 atom stereocenters. The molecule has 0 aromatic rings.